The highest BCUT2D eigenvalue weighted by Gasteiger charge is 2.27. The molecule has 2 aromatic rings. The van der Waals surface area contributed by atoms with Gasteiger partial charge in [0.05, 0.1) is 6.54 Å². The molecule has 1 aliphatic rings. The summed E-state index contributed by atoms with van der Waals surface area (Å²) in [6, 6.07) is 8.29. The Morgan fingerprint density at radius 3 is 2.75 bits per heavy atom. The molecule has 148 valence electrons. The number of ether oxygens (including phenoxy) is 1. The molecular weight excluding hydrogens is 377 g/mol. The third kappa shape index (κ3) is 4.55. The van der Waals surface area contributed by atoms with Crippen LogP contribution in [0.4, 0.5) is 4.39 Å². The monoisotopic (exact) mass is 401 g/mol. The molecule has 1 atom stereocenters. The lowest BCUT2D eigenvalue weighted by Gasteiger charge is -2.15. The summed E-state index contributed by atoms with van der Waals surface area (Å²) in [5.74, 6) is 0.916. The number of rotatable bonds is 7. The fourth-order valence-corrected chi connectivity index (χ4v) is 3.76. The molecule has 1 amide bonds. The average Bonchev–Trinajstić information content (AvgIpc) is 3.07. The van der Waals surface area contributed by atoms with Crippen LogP contribution in [0.5, 0.6) is 5.75 Å². The van der Waals surface area contributed by atoms with Crippen molar-refractivity contribution < 1.29 is 18.7 Å². The first-order chi connectivity index (χ1) is 13.4. The van der Waals surface area contributed by atoms with E-state index < -0.39 is 5.82 Å². The molecule has 3 rings (SSSR count). The van der Waals surface area contributed by atoms with Gasteiger partial charge in [0, 0.05) is 35.3 Å². The van der Waals surface area contributed by atoms with Crippen LogP contribution in [0.1, 0.15) is 34.8 Å². The molecule has 1 aliphatic heterocycles. The summed E-state index contributed by atoms with van der Waals surface area (Å²) in [4.78, 5) is 23.6. The van der Waals surface area contributed by atoms with E-state index in [0.717, 1.165) is 16.9 Å². The molecule has 0 saturated heterocycles. The molecule has 0 bridgehead atoms. The van der Waals surface area contributed by atoms with Crippen molar-refractivity contribution >= 4 is 23.5 Å². The number of hydrogen-bond acceptors (Lipinski definition) is 4. The predicted molar refractivity (Wildman–Crippen MR) is 111 cm³/mol. The normalized spacial score (nSPS) is 15.1. The van der Waals surface area contributed by atoms with Crippen LogP contribution in [0.3, 0.4) is 0 Å². The van der Waals surface area contributed by atoms with E-state index in [2.05, 4.69) is 5.32 Å². The third-order valence-corrected chi connectivity index (χ3v) is 5.38. The maximum atomic E-state index is 14.6. The fourth-order valence-electron chi connectivity index (χ4n) is 3.37. The summed E-state index contributed by atoms with van der Waals surface area (Å²) in [6.45, 7) is 3.83. The number of thioether (sulfide) groups is 1. The molecule has 0 spiro atoms. The van der Waals surface area contributed by atoms with Crippen LogP contribution < -0.4 is 10.1 Å². The van der Waals surface area contributed by atoms with Gasteiger partial charge in [-0.2, -0.15) is 11.8 Å². The Bertz CT molecular complexity index is 913. The molecular formula is C22H24FNO3S. The first-order valence-electron chi connectivity index (χ1n) is 9.25. The van der Waals surface area contributed by atoms with E-state index in [4.69, 9.17) is 4.74 Å². The first kappa shape index (κ1) is 20.4. The minimum atomic E-state index is -0.393. The topological polar surface area (TPSA) is 55.4 Å². The van der Waals surface area contributed by atoms with Crippen LogP contribution in [0.15, 0.2) is 30.3 Å². The number of halogens is 1. The van der Waals surface area contributed by atoms with E-state index in [0.29, 0.717) is 41.8 Å². The lowest BCUT2D eigenvalue weighted by molar-refractivity contribution is -0.121. The number of hydrogen-bond donors (Lipinski definition) is 1. The highest BCUT2D eigenvalue weighted by Crippen LogP contribution is 2.41. The van der Waals surface area contributed by atoms with Crippen LogP contribution in [0, 0.1) is 12.7 Å². The number of carbonyl (C=O) groups excluding carboxylic acids is 2. The van der Waals surface area contributed by atoms with Gasteiger partial charge in [0.2, 0.25) is 5.91 Å². The third-order valence-electron chi connectivity index (χ3n) is 4.77. The van der Waals surface area contributed by atoms with Gasteiger partial charge in [-0.15, -0.1) is 0 Å². The largest absolute Gasteiger partial charge is 0.487 e. The summed E-state index contributed by atoms with van der Waals surface area (Å²) in [5.41, 5.74) is 3.45. The van der Waals surface area contributed by atoms with Crippen molar-refractivity contribution in [2.45, 2.75) is 32.8 Å². The predicted octanol–water partition coefficient (Wildman–Crippen LogP) is 4.18. The number of benzene rings is 2. The number of Topliss-reactive ketones (excluding diaryl/α,β-unsaturated/α-hetero) is 1. The quantitative estimate of drug-likeness (QED) is 0.708. The standard InChI is InChI=1S/C22H24FNO3S/c1-13-8-16-10-17(12-24-21(26)6-7-28-3)27-22(16)19(9-13)18-11-15(14(2)25)4-5-20(18)23/h4-5,8-9,11,17H,6-7,10,12H2,1-3H3,(H,24,26)/t17-/m0/s1. The molecule has 1 N–H and O–H groups in total. The molecule has 4 nitrogen and oxygen atoms in total. The second-order valence-electron chi connectivity index (χ2n) is 7.04. The molecule has 0 aliphatic carbocycles. The van der Waals surface area contributed by atoms with Crippen LogP contribution in [-0.4, -0.2) is 36.3 Å². The van der Waals surface area contributed by atoms with Crippen LogP contribution in [-0.2, 0) is 11.2 Å². The Labute approximate surface area is 168 Å². The molecule has 1 heterocycles. The fraction of sp³-hybridized carbons (Fsp3) is 0.364. The Morgan fingerprint density at radius 1 is 1.25 bits per heavy atom. The summed E-state index contributed by atoms with van der Waals surface area (Å²) in [5, 5.41) is 2.91. The van der Waals surface area contributed by atoms with Crippen molar-refractivity contribution in [2.24, 2.45) is 0 Å². The Balaban J connectivity index is 1.84. The van der Waals surface area contributed by atoms with Gasteiger partial charge in [-0.1, -0.05) is 6.07 Å². The van der Waals surface area contributed by atoms with Gasteiger partial charge in [0.15, 0.2) is 5.78 Å². The maximum Gasteiger partial charge on any atom is 0.220 e. The Hall–Kier alpha value is -2.34. The SMILES string of the molecule is CSCCC(=O)NC[C@@H]1Cc2cc(C)cc(-c3cc(C(C)=O)ccc3F)c2O1. The zero-order valence-corrected chi connectivity index (χ0v) is 17.1. The van der Waals surface area contributed by atoms with E-state index in [1.165, 1.54) is 19.1 Å². The number of aryl methyl sites for hydroxylation is 1. The smallest absolute Gasteiger partial charge is 0.220 e. The van der Waals surface area contributed by atoms with E-state index >= 15 is 0 Å². The molecule has 6 heteroatoms. The summed E-state index contributed by atoms with van der Waals surface area (Å²) >= 11 is 1.63. The van der Waals surface area contributed by atoms with Gasteiger partial charge in [-0.05, 0) is 55.5 Å². The number of ketones is 1. The number of nitrogens with one attached hydrogen (secondary N) is 1. The van der Waals surface area contributed by atoms with E-state index in [1.54, 1.807) is 17.8 Å². The second-order valence-corrected chi connectivity index (χ2v) is 8.03. The van der Waals surface area contributed by atoms with Crippen molar-refractivity contribution in [3.8, 4) is 16.9 Å². The highest BCUT2D eigenvalue weighted by molar-refractivity contribution is 7.98. The van der Waals surface area contributed by atoms with E-state index in [9.17, 15) is 14.0 Å². The van der Waals surface area contributed by atoms with Gasteiger partial charge in [-0.25, -0.2) is 4.39 Å². The number of fused-ring (bicyclic) bond motifs is 1. The Morgan fingerprint density at radius 2 is 2.04 bits per heavy atom. The van der Waals surface area contributed by atoms with Crippen LogP contribution in [0.2, 0.25) is 0 Å². The number of amides is 1. The highest BCUT2D eigenvalue weighted by atomic mass is 32.2. The van der Waals surface area contributed by atoms with Gasteiger partial charge in [0.25, 0.3) is 0 Å². The van der Waals surface area contributed by atoms with Crippen molar-refractivity contribution in [1.29, 1.82) is 0 Å². The summed E-state index contributed by atoms with van der Waals surface area (Å²) in [7, 11) is 0. The van der Waals surface area contributed by atoms with Gasteiger partial charge < -0.3 is 10.1 Å². The zero-order valence-electron chi connectivity index (χ0n) is 16.3. The lowest BCUT2D eigenvalue weighted by atomic mass is 9.95. The molecule has 2 aromatic carbocycles. The minimum Gasteiger partial charge on any atom is -0.487 e. The van der Waals surface area contributed by atoms with E-state index in [-0.39, 0.29) is 17.8 Å². The molecule has 28 heavy (non-hydrogen) atoms. The zero-order chi connectivity index (χ0) is 20.3. The lowest BCUT2D eigenvalue weighted by Crippen LogP contribution is -2.34. The summed E-state index contributed by atoms with van der Waals surface area (Å²) < 4.78 is 20.6. The van der Waals surface area contributed by atoms with Gasteiger partial charge >= 0.3 is 0 Å². The number of carbonyl (C=O) groups is 2. The molecule has 0 saturated carbocycles. The van der Waals surface area contributed by atoms with Gasteiger partial charge in [-0.3, -0.25) is 9.59 Å². The van der Waals surface area contributed by atoms with Crippen molar-refractivity contribution in [3.05, 3.63) is 52.8 Å². The van der Waals surface area contributed by atoms with Crippen LogP contribution >= 0.6 is 11.8 Å². The van der Waals surface area contributed by atoms with Crippen molar-refractivity contribution in [1.82, 2.24) is 5.32 Å². The van der Waals surface area contributed by atoms with Gasteiger partial charge in [0.1, 0.15) is 17.7 Å². The molecule has 0 fully saturated rings. The molecule has 0 radical (unpaired) electrons. The summed E-state index contributed by atoms with van der Waals surface area (Å²) in [6.07, 6.45) is 2.91. The molecule has 0 aromatic heterocycles. The average molecular weight is 402 g/mol. The van der Waals surface area contributed by atoms with Crippen molar-refractivity contribution in [2.75, 3.05) is 18.6 Å². The second kappa shape index (κ2) is 8.78. The minimum absolute atomic E-state index is 0.00511. The Kier molecular flexibility index (Phi) is 6.39. The molecule has 0 unspecified atom stereocenters. The van der Waals surface area contributed by atoms with Crippen molar-refractivity contribution in [3.63, 3.8) is 0 Å². The first-order valence-corrected chi connectivity index (χ1v) is 10.6. The van der Waals surface area contributed by atoms with E-state index in [1.807, 2.05) is 25.3 Å². The maximum absolute atomic E-state index is 14.6. The van der Waals surface area contributed by atoms with Crippen LogP contribution in [0.25, 0.3) is 11.1 Å².